The van der Waals surface area contributed by atoms with Crippen molar-refractivity contribution in [2.24, 2.45) is 0 Å². The number of halogens is 2. The molecule has 1 aromatic carbocycles. The highest BCUT2D eigenvalue weighted by Crippen LogP contribution is 2.28. The Hall–Kier alpha value is 0.110. The Labute approximate surface area is 92.1 Å². The van der Waals surface area contributed by atoms with Gasteiger partial charge in [-0.15, -0.1) is 11.8 Å². The zero-order valence-electron chi connectivity index (χ0n) is 7.13. The fraction of sp³-hybridized carbons (Fsp3) is 0.333. The molecular weight excluding hydrogens is 227 g/mol. The van der Waals surface area contributed by atoms with Crippen LogP contribution in [0.25, 0.3) is 0 Å². The lowest BCUT2D eigenvalue weighted by molar-refractivity contribution is 0.220. The maximum absolute atomic E-state index is 9.06. The van der Waals surface area contributed by atoms with Crippen LogP contribution in [0.4, 0.5) is 0 Å². The highest BCUT2D eigenvalue weighted by molar-refractivity contribution is 7.99. The minimum atomic E-state index is -0.306. The summed E-state index contributed by atoms with van der Waals surface area (Å²) in [5, 5.41) is 10.2. The topological polar surface area (TPSA) is 20.2 Å². The lowest BCUT2D eigenvalue weighted by Crippen LogP contribution is -2.02. The van der Waals surface area contributed by atoms with Gasteiger partial charge in [0.2, 0.25) is 0 Å². The second-order valence-electron chi connectivity index (χ2n) is 2.74. The van der Waals surface area contributed by atoms with Gasteiger partial charge in [0.15, 0.2) is 0 Å². The summed E-state index contributed by atoms with van der Waals surface area (Å²) in [4.78, 5) is 1.02. The first-order chi connectivity index (χ1) is 6.09. The zero-order chi connectivity index (χ0) is 9.84. The van der Waals surface area contributed by atoms with Gasteiger partial charge >= 0.3 is 0 Å². The third-order valence-corrected chi connectivity index (χ3v) is 3.36. The molecule has 0 saturated carbocycles. The molecule has 1 atom stereocenters. The van der Waals surface area contributed by atoms with E-state index in [1.807, 2.05) is 6.07 Å². The molecule has 1 N–H and O–H groups in total. The summed E-state index contributed by atoms with van der Waals surface area (Å²) >= 11 is 13.1. The molecule has 1 nitrogen and oxygen atoms in total. The molecule has 0 heterocycles. The van der Waals surface area contributed by atoms with Crippen LogP contribution in [0.5, 0.6) is 0 Å². The smallest absolute Gasteiger partial charge is 0.0606 e. The number of rotatable bonds is 3. The van der Waals surface area contributed by atoms with E-state index in [0.717, 1.165) is 4.90 Å². The molecule has 0 amide bonds. The van der Waals surface area contributed by atoms with E-state index >= 15 is 0 Å². The van der Waals surface area contributed by atoms with Gasteiger partial charge in [-0.05, 0) is 25.1 Å². The number of hydrogen-bond acceptors (Lipinski definition) is 2. The van der Waals surface area contributed by atoms with Gasteiger partial charge in [-0.2, -0.15) is 0 Å². The predicted octanol–water partition coefficient (Wildman–Crippen LogP) is 3.47. The molecule has 0 fully saturated rings. The van der Waals surface area contributed by atoms with E-state index in [9.17, 15) is 0 Å². The maximum Gasteiger partial charge on any atom is 0.0606 e. The Morgan fingerprint density at radius 1 is 1.38 bits per heavy atom. The number of thioether (sulfide) groups is 1. The number of aliphatic hydroxyl groups excluding tert-OH is 1. The van der Waals surface area contributed by atoms with Crippen LogP contribution in [0.3, 0.4) is 0 Å². The van der Waals surface area contributed by atoms with Crippen molar-refractivity contribution < 1.29 is 5.11 Å². The molecule has 13 heavy (non-hydrogen) atoms. The molecule has 0 aliphatic rings. The van der Waals surface area contributed by atoms with Gasteiger partial charge in [-0.3, -0.25) is 0 Å². The van der Waals surface area contributed by atoms with E-state index in [1.165, 1.54) is 0 Å². The van der Waals surface area contributed by atoms with Crippen molar-refractivity contribution in [1.82, 2.24) is 0 Å². The molecule has 1 aromatic rings. The quantitative estimate of drug-likeness (QED) is 0.812. The van der Waals surface area contributed by atoms with Gasteiger partial charge in [0.1, 0.15) is 0 Å². The van der Waals surface area contributed by atoms with Gasteiger partial charge in [0.25, 0.3) is 0 Å². The van der Waals surface area contributed by atoms with E-state index in [4.69, 9.17) is 28.3 Å². The van der Waals surface area contributed by atoms with Crippen LogP contribution in [-0.4, -0.2) is 17.0 Å². The van der Waals surface area contributed by atoms with Crippen molar-refractivity contribution in [3.63, 3.8) is 0 Å². The van der Waals surface area contributed by atoms with Crippen LogP contribution in [0.15, 0.2) is 23.1 Å². The van der Waals surface area contributed by atoms with Crippen molar-refractivity contribution >= 4 is 35.0 Å². The molecule has 0 aliphatic carbocycles. The first-order valence-corrected chi connectivity index (χ1v) is 5.59. The zero-order valence-corrected chi connectivity index (χ0v) is 9.46. The second kappa shape index (κ2) is 5.11. The van der Waals surface area contributed by atoms with E-state index in [1.54, 1.807) is 30.8 Å². The largest absolute Gasteiger partial charge is 0.393 e. The summed E-state index contributed by atoms with van der Waals surface area (Å²) in [5.74, 6) is 0.665. The van der Waals surface area contributed by atoms with Crippen LogP contribution < -0.4 is 0 Å². The van der Waals surface area contributed by atoms with Crippen molar-refractivity contribution in [2.45, 2.75) is 17.9 Å². The second-order valence-corrected chi connectivity index (χ2v) is 4.64. The summed E-state index contributed by atoms with van der Waals surface area (Å²) in [7, 11) is 0. The molecule has 4 heteroatoms. The van der Waals surface area contributed by atoms with E-state index in [-0.39, 0.29) is 6.10 Å². The van der Waals surface area contributed by atoms with Crippen LogP contribution >= 0.6 is 35.0 Å². The Bertz CT molecular complexity index is 289. The fourth-order valence-electron chi connectivity index (χ4n) is 0.783. The number of hydrogen-bond donors (Lipinski definition) is 1. The first-order valence-electron chi connectivity index (χ1n) is 3.85. The minimum absolute atomic E-state index is 0.306. The standard InChI is InChI=1S/C9H10Cl2OS/c1-6(12)5-13-7-2-3-8(10)9(11)4-7/h2-4,6,12H,5H2,1H3. The molecule has 0 spiro atoms. The van der Waals surface area contributed by atoms with Crippen molar-refractivity contribution in [3.05, 3.63) is 28.2 Å². The summed E-state index contributed by atoms with van der Waals surface area (Å²) in [6.45, 7) is 1.75. The molecular formula is C9H10Cl2OS. The predicted molar refractivity (Wildman–Crippen MR) is 58.9 cm³/mol. The monoisotopic (exact) mass is 236 g/mol. The van der Waals surface area contributed by atoms with Gasteiger partial charge in [-0.25, -0.2) is 0 Å². The maximum atomic E-state index is 9.06. The Balaban J connectivity index is 2.63. The third-order valence-electron chi connectivity index (χ3n) is 1.38. The fourth-order valence-corrected chi connectivity index (χ4v) is 1.95. The Morgan fingerprint density at radius 2 is 2.08 bits per heavy atom. The molecule has 72 valence electrons. The van der Waals surface area contributed by atoms with E-state index in [0.29, 0.717) is 15.8 Å². The third kappa shape index (κ3) is 3.77. The highest BCUT2D eigenvalue weighted by atomic mass is 35.5. The van der Waals surface area contributed by atoms with Gasteiger partial charge in [-0.1, -0.05) is 23.2 Å². The van der Waals surface area contributed by atoms with Crippen molar-refractivity contribution in [1.29, 1.82) is 0 Å². The lowest BCUT2D eigenvalue weighted by Gasteiger charge is -2.04. The van der Waals surface area contributed by atoms with Crippen molar-refractivity contribution in [2.75, 3.05) is 5.75 Å². The molecule has 0 saturated heterocycles. The van der Waals surface area contributed by atoms with Gasteiger partial charge < -0.3 is 5.11 Å². The Morgan fingerprint density at radius 3 is 2.62 bits per heavy atom. The summed E-state index contributed by atoms with van der Waals surface area (Å²) in [6, 6.07) is 5.45. The normalized spacial score (nSPS) is 12.9. The summed E-state index contributed by atoms with van der Waals surface area (Å²) < 4.78 is 0. The van der Waals surface area contributed by atoms with Gasteiger partial charge in [0.05, 0.1) is 16.1 Å². The molecule has 0 bridgehead atoms. The minimum Gasteiger partial charge on any atom is -0.393 e. The highest BCUT2D eigenvalue weighted by Gasteiger charge is 2.01. The first kappa shape index (κ1) is 11.2. The lowest BCUT2D eigenvalue weighted by atomic mass is 10.4. The summed E-state index contributed by atoms with van der Waals surface area (Å²) in [5.41, 5.74) is 0. The molecule has 0 aromatic heterocycles. The van der Waals surface area contributed by atoms with Crippen molar-refractivity contribution in [3.8, 4) is 0 Å². The SMILES string of the molecule is CC(O)CSc1ccc(Cl)c(Cl)c1. The number of aliphatic hydroxyl groups is 1. The van der Waals surface area contributed by atoms with Crippen LogP contribution in [0.2, 0.25) is 10.0 Å². The molecule has 1 unspecified atom stereocenters. The molecule has 0 radical (unpaired) electrons. The molecule has 1 rings (SSSR count). The average Bonchev–Trinajstić information content (AvgIpc) is 2.07. The molecule has 0 aliphatic heterocycles. The van der Waals surface area contributed by atoms with Crippen LogP contribution in [0, 0.1) is 0 Å². The average molecular weight is 237 g/mol. The number of benzene rings is 1. The van der Waals surface area contributed by atoms with E-state index < -0.39 is 0 Å². The van der Waals surface area contributed by atoms with Gasteiger partial charge in [0, 0.05) is 10.6 Å². The van der Waals surface area contributed by atoms with Crippen LogP contribution in [0.1, 0.15) is 6.92 Å². The summed E-state index contributed by atoms with van der Waals surface area (Å²) in [6.07, 6.45) is -0.306. The Kier molecular flexibility index (Phi) is 4.39. The van der Waals surface area contributed by atoms with Crippen LogP contribution in [-0.2, 0) is 0 Å². The van der Waals surface area contributed by atoms with E-state index in [2.05, 4.69) is 0 Å².